The second kappa shape index (κ2) is 5.07. The van der Waals surface area contributed by atoms with E-state index in [0.717, 1.165) is 24.1 Å². The van der Waals surface area contributed by atoms with Gasteiger partial charge < -0.3 is 18.8 Å². The fourth-order valence-corrected chi connectivity index (χ4v) is 3.20. The lowest BCUT2D eigenvalue weighted by atomic mass is 10.0. The van der Waals surface area contributed by atoms with E-state index >= 15 is 0 Å². The third-order valence-electron chi connectivity index (χ3n) is 4.44. The summed E-state index contributed by atoms with van der Waals surface area (Å²) < 4.78 is 13.3. The van der Waals surface area contributed by atoms with Crippen molar-refractivity contribution in [2.24, 2.45) is 0 Å². The number of rotatable bonds is 1. The minimum absolute atomic E-state index is 0.0193. The Bertz CT molecular complexity index is 708. The molecule has 2 saturated heterocycles. The number of hydrogen-bond donors (Lipinski definition) is 0. The third-order valence-corrected chi connectivity index (χ3v) is 4.44. The standard InChI is InChI=1S/C16H19N3O3/c1-12-2-3-14-17-13(11-19(14)10-12)15(20)18-6-4-16(5-7-18)21-8-9-22-16/h2-3,10-11H,4-9H2,1H3. The molecule has 0 N–H and O–H groups in total. The number of aromatic nitrogens is 2. The van der Waals surface area contributed by atoms with Crippen molar-refractivity contribution in [1.82, 2.24) is 14.3 Å². The summed E-state index contributed by atoms with van der Waals surface area (Å²) in [5.41, 5.74) is 2.43. The van der Waals surface area contributed by atoms with Gasteiger partial charge in [0.1, 0.15) is 11.3 Å². The fraction of sp³-hybridized carbons (Fsp3) is 0.500. The molecule has 4 rings (SSSR count). The molecule has 1 amide bonds. The number of pyridine rings is 1. The van der Waals surface area contributed by atoms with Gasteiger partial charge in [0.25, 0.3) is 5.91 Å². The topological polar surface area (TPSA) is 56.1 Å². The molecule has 0 atom stereocenters. The van der Waals surface area contributed by atoms with Crippen molar-refractivity contribution in [3.8, 4) is 0 Å². The predicted octanol–water partition coefficient (Wildman–Crippen LogP) is 1.62. The number of imidazole rings is 1. The van der Waals surface area contributed by atoms with Crippen LogP contribution in [0, 0.1) is 6.92 Å². The van der Waals surface area contributed by atoms with Gasteiger partial charge in [-0.3, -0.25) is 4.79 Å². The van der Waals surface area contributed by atoms with Gasteiger partial charge in [-0.15, -0.1) is 0 Å². The Morgan fingerprint density at radius 1 is 1.18 bits per heavy atom. The summed E-state index contributed by atoms with van der Waals surface area (Å²) in [5.74, 6) is -0.471. The van der Waals surface area contributed by atoms with Crippen LogP contribution in [0.25, 0.3) is 5.65 Å². The van der Waals surface area contributed by atoms with Crippen LogP contribution in [0.4, 0.5) is 0 Å². The van der Waals surface area contributed by atoms with Crippen molar-refractivity contribution < 1.29 is 14.3 Å². The minimum atomic E-state index is -0.452. The number of likely N-dealkylation sites (tertiary alicyclic amines) is 1. The summed E-state index contributed by atoms with van der Waals surface area (Å²) in [6.07, 6.45) is 5.23. The molecule has 2 aliphatic rings. The number of fused-ring (bicyclic) bond motifs is 1. The maximum Gasteiger partial charge on any atom is 0.274 e. The number of carbonyl (C=O) groups is 1. The van der Waals surface area contributed by atoms with Crippen LogP contribution in [0.5, 0.6) is 0 Å². The Morgan fingerprint density at radius 2 is 1.91 bits per heavy atom. The summed E-state index contributed by atoms with van der Waals surface area (Å²) in [4.78, 5) is 18.9. The second-order valence-electron chi connectivity index (χ2n) is 6.00. The van der Waals surface area contributed by atoms with Crippen molar-refractivity contribution in [2.45, 2.75) is 25.6 Å². The van der Waals surface area contributed by atoms with Crippen molar-refractivity contribution in [2.75, 3.05) is 26.3 Å². The molecule has 6 nitrogen and oxygen atoms in total. The summed E-state index contributed by atoms with van der Waals surface area (Å²) in [6.45, 7) is 4.61. The van der Waals surface area contributed by atoms with Gasteiger partial charge in [0.15, 0.2) is 5.79 Å². The van der Waals surface area contributed by atoms with E-state index in [2.05, 4.69) is 4.98 Å². The van der Waals surface area contributed by atoms with Crippen LogP contribution in [0.15, 0.2) is 24.5 Å². The molecule has 4 heterocycles. The van der Waals surface area contributed by atoms with E-state index < -0.39 is 5.79 Å². The van der Waals surface area contributed by atoms with E-state index in [9.17, 15) is 4.79 Å². The molecule has 0 radical (unpaired) electrons. The first kappa shape index (κ1) is 13.7. The SMILES string of the molecule is Cc1ccc2nc(C(=O)N3CCC4(CC3)OCCO4)cn2c1. The van der Waals surface area contributed by atoms with Gasteiger partial charge in [0.2, 0.25) is 0 Å². The van der Waals surface area contributed by atoms with Crippen molar-refractivity contribution in [1.29, 1.82) is 0 Å². The molecule has 0 saturated carbocycles. The highest BCUT2D eigenvalue weighted by molar-refractivity contribution is 5.93. The molecule has 2 aromatic heterocycles. The molecular weight excluding hydrogens is 282 g/mol. The van der Waals surface area contributed by atoms with Crippen LogP contribution < -0.4 is 0 Å². The lowest BCUT2D eigenvalue weighted by Crippen LogP contribution is -2.47. The van der Waals surface area contributed by atoms with E-state index in [4.69, 9.17) is 9.47 Å². The average Bonchev–Trinajstić information content (AvgIpc) is 3.14. The molecule has 22 heavy (non-hydrogen) atoms. The van der Waals surface area contributed by atoms with Gasteiger partial charge >= 0.3 is 0 Å². The highest BCUT2D eigenvalue weighted by atomic mass is 16.7. The van der Waals surface area contributed by atoms with Gasteiger partial charge in [-0.2, -0.15) is 0 Å². The molecule has 0 unspecified atom stereocenters. The van der Waals surface area contributed by atoms with E-state index in [1.54, 1.807) is 6.20 Å². The minimum Gasteiger partial charge on any atom is -0.347 e. The van der Waals surface area contributed by atoms with Crippen molar-refractivity contribution in [3.05, 3.63) is 35.8 Å². The van der Waals surface area contributed by atoms with Crippen LogP contribution in [-0.2, 0) is 9.47 Å². The van der Waals surface area contributed by atoms with E-state index in [-0.39, 0.29) is 5.91 Å². The zero-order chi connectivity index (χ0) is 15.2. The van der Waals surface area contributed by atoms with Gasteiger partial charge in [0.05, 0.1) is 13.2 Å². The Morgan fingerprint density at radius 3 is 2.64 bits per heavy atom. The average molecular weight is 301 g/mol. The van der Waals surface area contributed by atoms with Crippen LogP contribution in [0.2, 0.25) is 0 Å². The van der Waals surface area contributed by atoms with Crippen LogP contribution >= 0.6 is 0 Å². The molecular formula is C16H19N3O3. The molecule has 0 aliphatic carbocycles. The zero-order valence-electron chi connectivity index (χ0n) is 12.6. The van der Waals surface area contributed by atoms with Gasteiger partial charge in [0, 0.05) is 38.3 Å². The maximum atomic E-state index is 12.6. The van der Waals surface area contributed by atoms with Crippen LogP contribution in [0.1, 0.15) is 28.9 Å². The van der Waals surface area contributed by atoms with Gasteiger partial charge in [-0.25, -0.2) is 4.98 Å². The molecule has 1 spiro atoms. The summed E-state index contributed by atoms with van der Waals surface area (Å²) in [5, 5.41) is 0. The molecule has 2 fully saturated rings. The highest BCUT2D eigenvalue weighted by Gasteiger charge is 2.41. The normalized spacial score (nSPS) is 20.9. The van der Waals surface area contributed by atoms with Gasteiger partial charge in [-0.1, -0.05) is 6.07 Å². The Labute approximate surface area is 128 Å². The van der Waals surface area contributed by atoms with E-state index in [0.29, 0.717) is 32.0 Å². The molecule has 6 heteroatoms. The number of nitrogens with zero attached hydrogens (tertiary/aromatic N) is 3. The zero-order valence-corrected chi connectivity index (χ0v) is 12.6. The molecule has 0 aromatic carbocycles. The Kier molecular flexibility index (Phi) is 3.16. The summed E-state index contributed by atoms with van der Waals surface area (Å²) in [7, 11) is 0. The van der Waals surface area contributed by atoms with E-state index in [1.165, 1.54) is 0 Å². The largest absolute Gasteiger partial charge is 0.347 e. The second-order valence-corrected chi connectivity index (χ2v) is 6.00. The summed E-state index contributed by atoms with van der Waals surface area (Å²) in [6, 6.07) is 3.92. The third kappa shape index (κ3) is 2.28. The van der Waals surface area contributed by atoms with Crippen LogP contribution in [-0.4, -0.2) is 52.3 Å². The smallest absolute Gasteiger partial charge is 0.274 e. The molecule has 0 bridgehead atoms. The lowest BCUT2D eigenvalue weighted by molar-refractivity contribution is -0.181. The first-order valence-corrected chi connectivity index (χ1v) is 7.68. The Balaban J connectivity index is 1.51. The molecule has 2 aromatic rings. The monoisotopic (exact) mass is 301 g/mol. The fourth-order valence-electron chi connectivity index (χ4n) is 3.20. The number of piperidine rings is 1. The van der Waals surface area contributed by atoms with Crippen LogP contribution in [0.3, 0.4) is 0 Å². The number of ether oxygens (including phenoxy) is 2. The molecule has 2 aliphatic heterocycles. The first-order chi connectivity index (χ1) is 10.7. The molecule has 116 valence electrons. The number of hydrogen-bond acceptors (Lipinski definition) is 4. The highest BCUT2D eigenvalue weighted by Crippen LogP contribution is 2.31. The van der Waals surface area contributed by atoms with Crippen molar-refractivity contribution >= 4 is 11.6 Å². The van der Waals surface area contributed by atoms with Gasteiger partial charge in [-0.05, 0) is 18.6 Å². The number of amides is 1. The van der Waals surface area contributed by atoms with E-state index in [1.807, 2.05) is 34.6 Å². The first-order valence-electron chi connectivity index (χ1n) is 7.68. The summed E-state index contributed by atoms with van der Waals surface area (Å²) >= 11 is 0. The Hall–Kier alpha value is -1.92. The lowest BCUT2D eigenvalue weighted by Gasteiger charge is -2.37. The van der Waals surface area contributed by atoms with Crippen molar-refractivity contribution in [3.63, 3.8) is 0 Å². The predicted molar refractivity (Wildman–Crippen MR) is 79.7 cm³/mol. The number of aryl methyl sites for hydroxylation is 1. The quantitative estimate of drug-likeness (QED) is 0.803. The maximum absolute atomic E-state index is 12.6. The number of carbonyl (C=O) groups excluding carboxylic acids is 1.